The number of rotatable bonds is 5. The van der Waals surface area contributed by atoms with Crippen LogP contribution in [0.4, 0.5) is 15.8 Å². The van der Waals surface area contributed by atoms with Gasteiger partial charge in [-0.25, -0.2) is 4.39 Å². The number of benzene rings is 1. The van der Waals surface area contributed by atoms with E-state index in [0.717, 1.165) is 13.0 Å². The van der Waals surface area contributed by atoms with Crippen molar-refractivity contribution in [3.05, 3.63) is 24.0 Å². The van der Waals surface area contributed by atoms with E-state index in [2.05, 4.69) is 0 Å². The second-order valence-corrected chi connectivity index (χ2v) is 3.42. The number of hydrogen-bond acceptors (Lipinski definition) is 3. The Hall–Kier alpha value is -1.29. The molecule has 0 aromatic heterocycles. The molecular weight excluding hydrogens is 195 g/mol. The van der Waals surface area contributed by atoms with Gasteiger partial charge >= 0.3 is 0 Å². The zero-order valence-electron chi connectivity index (χ0n) is 8.91. The minimum Gasteiger partial charge on any atom is -0.399 e. The quantitative estimate of drug-likeness (QED) is 0.729. The van der Waals surface area contributed by atoms with Gasteiger partial charge in [-0.15, -0.1) is 0 Å². The first-order valence-electron chi connectivity index (χ1n) is 5.10. The molecule has 15 heavy (non-hydrogen) atoms. The number of nitrogens with two attached hydrogens (primary N) is 1. The average molecular weight is 212 g/mol. The Morgan fingerprint density at radius 3 is 2.67 bits per heavy atom. The maximum atomic E-state index is 13.5. The predicted octanol–water partition coefficient (Wildman–Crippen LogP) is 1.62. The smallest absolute Gasteiger partial charge is 0.148 e. The first-order chi connectivity index (χ1) is 7.19. The number of aliphatic hydroxyl groups excluding tert-OH is 1. The standard InChI is InChI=1S/C11H17FN2O/c1-2-5-14(6-7-15)11-4-3-9(13)8-10(11)12/h3-4,8,15H,2,5-7,13H2,1H3. The minimum absolute atomic E-state index is 0.0177. The number of aliphatic hydroxyl groups is 1. The van der Waals surface area contributed by atoms with Gasteiger partial charge in [0.2, 0.25) is 0 Å². The van der Waals surface area contributed by atoms with Gasteiger partial charge in [0.05, 0.1) is 12.3 Å². The molecule has 0 spiro atoms. The Labute approximate surface area is 89.3 Å². The van der Waals surface area contributed by atoms with Crippen molar-refractivity contribution in [2.75, 3.05) is 30.3 Å². The van der Waals surface area contributed by atoms with Crippen LogP contribution in [0.2, 0.25) is 0 Å². The normalized spacial score (nSPS) is 10.3. The molecule has 0 atom stereocenters. The summed E-state index contributed by atoms with van der Waals surface area (Å²) in [5, 5.41) is 8.88. The summed E-state index contributed by atoms with van der Waals surface area (Å²) in [6, 6.07) is 4.61. The molecule has 0 radical (unpaired) electrons. The molecule has 3 N–H and O–H groups in total. The van der Waals surface area contributed by atoms with Crippen molar-refractivity contribution >= 4 is 11.4 Å². The van der Waals surface area contributed by atoms with E-state index in [-0.39, 0.29) is 12.4 Å². The number of halogens is 1. The predicted molar refractivity (Wildman–Crippen MR) is 60.4 cm³/mol. The fourth-order valence-corrected chi connectivity index (χ4v) is 1.52. The maximum Gasteiger partial charge on any atom is 0.148 e. The highest BCUT2D eigenvalue weighted by Crippen LogP contribution is 2.21. The molecule has 0 unspecified atom stereocenters. The molecule has 84 valence electrons. The second kappa shape index (κ2) is 5.56. The number of nitrogen functional groups attached to an aromatic ring is 1. The van der Waals surface area contributed by atoms with Gasteiger partial charge in [-0.3, -0.25) is 0 Å². The molecule has 0 saturated carbocycles. The summed E-state index contributed by atoms with van der Waals surface area (Å²) in [6.07, 6.45) is 0.907. The number of nitrogens with zero attached hydrogens (tertiary/aromatic N) is 1. The summed E-state index contributed by atoms with van der Waals surface area (Å²) in [6.45, 7) is 3.19. The molecule has 3 nitrogen and oxygen atoms in total. The highest BCUT2D eigenvalue weighted by molar-refractivity contribution is 5.54. The zero-order chi connectivity index (χ0) is 11.3. The van der Waals surface area contributed by atoms with Crippen LogP contribution < -0.4 is 10.6 Å². The van der Waals surface area contributed by atoms with Crippen LogP contribution in [0.5, 0.6) is 0 Å². The van der Waals surface area contributed by atoms with Crippen molar-refractivity contribution in [1.29, 1.82) is 0 Å². The van der Waals surface area contributed by atoms with Crippen LogP contribution in [0.15, 0.2) is 18.2 Å². The molecule has 1 rings (SSSR count). The Kier molecular flexibility index (Phi) is 4.37. The molecule has 0 amide bonds. The highest BCUT2D eigenvalue weighted by Gasteiger charge is 2.10. The SMILES string of the molecule is CCCN(CCO)c1ccc(N)cc1F. The largest absolute Gasteiger partial charge is 0.399 e. The van der Waals surface area contributed by atoms with Crippen molar-refractivity contribution in [1.82, 2.24) is 0 Å². The van der Waals surface area contributed by atoms with E-state index < -0.39 is 0 Å². The summed E-state index contributed by atoms with van der Waals surface area (Å²) in [5.41, 5.74) is 6.38. The fourth-order valence-electron chi connectivity index (χ4n) is 1.52. The van der Waals surface area contributed by atoms with Gasteiger partial charge in [0.1, 0.15) is 5.82 Å². The lowest BCUT2D eigenvalue weighted by atomic mass is 10.2. The molecule has 4 heteroatoms. The monoisotopic (exact) mass is 212 g/mol. The van der Waals surface area contributed by atoms with Crippen LogP contribution in [-0.2, 0) is 0 Å². The molecule has 1 aromatic rings. The van der Waals surface area contributed by atoms with Crippen molar-refractivity contribution in [2.24, 2.45) is 0 Å². The molecule has 0 aliphatic rings. The first-order valence-corrected chi connectivity index (χ1v) is 5.10. The van der Waals surface area contributed by atoms with E-state index in [0.29, 0.717) is 17.9 Å². The molecule has 0 aliphatic heterocycles. The molecule has 1 aromatic carbocycles. The lowest BCUT2D eigenvalue weighted by Crippen LogP contribution is -2.28. The Bertz CT molecular complexity index is 311. The molecule has 0 fully saturated rings. The first kappa shape index (κ1) is 11.8. The van der Waals surface area contributed by atoms with E-state index in [4.69, 9.17) is 10.8 Å². The lowest BCUT2D eigenvalue weighted by molar-refractivity contribution is 0.301. The highest BCUT2D eigenvalue weighted by atomic mass is 19.1. The van der Waals surface area contributed by atoms with Crippen LogP contribution in [-0.4, -0.2) is 24.8 Å². The number of anilines is 2. The third kappa shape index (κ3) is 3.09. The van der Waals surface area contributed by atoms with Gasteiger partial charge in [-0.2, -0.15) is 0 Å². The van der Waals surface area contributed by atoms with Gasteiger partial charge in [-0.1, -0.05) is 6.92 Å². The molecule has 0 aliphatic carbocycles. The van der Waals surface area contributed by atoms with Crippen molar-refractivity contribution in [3.8, 4) is 0 Å². The Morgan fingerprint density at radius 1 is 1.40 bits per heavy atom. The van der Waals surface area contributed by atoms with Gasteiger partial charge in [0, 0.05) is 18.8 Å². The van der Waals surface area contributed by atoms with E-state index in [9.17, 15) is 4.39 Å². The minimum atomic E-state index is -0.336. The molecule has 0 saturated heterocycles. The third-order valence-corrected chi connectivity index (χ3v) is 2.18. The number of hydrogen-bond donors (Lipinski definition) is 2. The van der Waals surface area contributed by atoms with E-state index in [1.165, 1.54) is 6.07 Å². The van der Waals surface area contributed by atoms with Crippen LogP contribution >= 0.6 is 0 Å². The third-order valence-electron chi connectivity index (χ3n) is 2.18. The van der Waals surface area contributed by atoms with Crippen molar-refractivity contribution < 1.29 is 9.50 Å². The van der Waals surface area contributed by atoms with Crippen LogP contribution in [0.1, 0.15) is 13.3 Å². The topological polar surface area (TPSA) is 49.5 Å². The van der Waals surface area contributed by atoms with Gasteiger partial charge in [0.15, 0.2) is 0 Å². The van der Waals surface area contributed by atoms with Crippen molar-refractivity contribution in [3.63, 3.8) is 0 Å². The summed E-state index contributed by atoms with van der Waals surface area (Å²) < 4.78 is 13.5. The van der Waals surface area contributed by atoms with Gasteiger partial charge in [0.25, 0.3) is 0 Å². The summed E-state index contributed by atoms with van der Waals surface area (Å²) in [7, 11) is 0. The lowest BCUT2D eigenvalue weighted by Gasteiger charge is -2.23. The van der Waals surface area contributed by atoms with E-state index in [1.807, 2.05) is 11.8 Å². The average Bonchev–Trinajstić information content (AvgIpc) is 2.17. The second-order valence-electron chi connectivity index (χ2n) is 3.42. The molecule has 0 heterocycles. The summed E-state index contributed by atoms with van der Waals surface area (Å²) in [5.74, 6) is -0.336. The van der Waals surface area contributed by atoms with Crippen molar-refractivity contribution in [2.45, 2.75) is 13.3 Å². The zero-order valence-corrected chi connectivity index (χ0v) is 8.91. The fraction of sp³-hybridized carbons (Fsp3) is 0.455. The van der Waals surface area contributed by atoms with E-state index >= 15 is 0 Å². The van der Waals surface area contributed by atoms with Gasteiger partial charge < -0.3 is 15.7 Å². The molecule has 0 bridgehead atoms. The molecular formula is C11H17FN2O. The van der Waals surface area contributed by atoms with Crippen LogP contribution in [0.3, 0.4) is 0 Å². The Morgan fingerprint density at radius 2 is 2.13 bits per heavy atom. The Balaban J connectivity index is 2.89. The van der Waals surface area contributed by atoms with Gasteiger partial charge in [-0.05, 0) is 24.6 Å². The summed E-state index contributed by atoms with van der Waals surface area (Å²) in [4.78, 5) is 1.81. The summed E-state index contributed by atoms with van der Waals surface area (Å²) >= 11 is 0. The van der Waals surface area contributed by atoms with Crippen LogP contribution in [0.25, 0.3) is 0 Å². The van der Waals surface area contributed by atoms with Crippen LogP contribution in [0, 0.1) is 5.82 Å². The van der Waals surface area contributed by atoms with E-state index in [1.54, 1.807) is 12.1 Å². The maximum absolute atomic E-state index is 13.5.